The number of β-amino-alcohol motifs (C(OH)–C–C–N with tert-alkyl or cyclic N) is 1. The average molecular weight is 393 g/mol. The Hall–Kier alpha value is -2.28. The zero-order valence-corrected chi connectivity index (χ0v) is 16.2. The first-order valence-corrected chi connectivity index (χ1v) is 8.64. The van der Waals surface area contributed by atoms with E-state index in [1.54, 1.807) is 26.4 Å². The Labute approximate surface area is 165 Å². The van der Waals surface area contributed by atoms with Crippen molar-refractivity contribution < 1.29 is 19.4 Å². The molecule has 1 heterocycles. The number of carbonyl (C=O) groups is 1. The molecule has 2 aromatic carbocycles. The zero-order valence-electron chi connectivity index (χ0n) is 15.4. The maximum Gasteiger partial charge on any atom is 0.251 e. The Morgan fingerprint density at radius 1 is 1.07 bits per heavy atom. The van der Waals surface area contributed by atoms with Crippen LogP contribution >= 0.6 is 12.4 Å². The summed E-state index contributed by atoms with van der Waals surface area (Å²) in [4.78, 5) is 12.4. The number of hydrogen-bond donors (Lipinski definition) is 3. The number of hydrogen-bond acceptors (Lipinski definition) is 5. The number of ether oxygens (including phenoxy) is 2. The quantitative estimate of drug-likeness (QED) is 0.727. The SMILES string of the molecule is COc1cc(OC)cc(-c2ccc(C(=O)N[C@@H]3CCNC[C@H]3O)cc2)c1.Cl. The van der Waals surface area contributed by atoms with Crippen molar-refractivity contribution >= 4 is 18.3 Å². The van der Waals surface area contributed by atoms with E-state index in [0.29, 0.717) is 30.0 Å². The van der Waals surface area contributed by atoms with E-state index in [1.807, 2.05) is 30.3 Å². The van der Waals surface area contributed by atoms with Gasteiger partial charge in [-0.05, 0) is 48.4 Å². The average Bonchev–Trinajstić information content (AvgIpc) is 2.69. The summed E-state index contributed by atoms with van der Waals surface area (Å²) in [6, 6.07) is 12.8. The maximum atomic E-state index is 12.4. The molecule has 0 unspecified atom stereocenters. The van der Waals surface area contributed by atoms with Crippen molar-refractivity contribution in [3.8, 4) is 22.6 Å². The fourth-order valence-electron chi connectivity index (χ4n) is 3.05. The van der Waals surface area contributed by atoms with Gasteiger partial charge in [0.05, 0.1) is 26.4 Å². The number of benzene rings is 2. The van der Waals surface area contributed by atoms with Crippen molar-refractivity contribution in [3.63, 3.8) is 0 Å². The molecule has 1 amide bonds. The second kappa shape index (κ2) is 9.60. The Bertz CT molecular complexity index is 745. The summed E-state index contributed by atoms with van der Waals surface area (Å²) in [6.07, 6.45) is 0.158. The van der Waals surface area contributed by atoms with Crippen LogP contribution in [-0.2, 0) is 0 Å². The summed E-state index contributed by atoms with van der Waals surface area (Å²) in [6.45, 7) is 1.29. The molecule has 0 saturated carbocycles. The van der Waals surface area contributed by atoms with Crippen LogP contribution in [-0.4, -0.2) is 50.5 Å². The van der Waals surface area contributed by atoms with E-state index in [4.69, 9.17) is 9.47 Å². The molecule has 0 aromatic heterocycles. The molecule has 0 spiro atoms. The number of nitrogens with one attached hydrogen (secondary N) is 2. The number of halogens is 1. The van der Waals surface area contributed by atoms with Gasteiger partial charge < -0.3 is 25.2 Å². The molecule has 3 rings (SSSR count). The third-order valence-electron chi connectivity index (χ3n) is 4.60. The van der Waals surface area contributed by atoms with Gasteiger partial charge in [0.2, 0.25) is 0 Å². The second-order valence-electron chi connectivity index (χ2n) is 6.32. The van der Waals surface area contributed by atoms with Gasteiger partial charge in [0.15, 0.2) is 0 Å². The van der Waals surface area contributed by atoms with Crippen LogP contribution in [0.1, 0.15) is 16.8 Å². The predicted molar refractivity (Wildman–Crippen MR) is 107 cm³/mol. The topological polar surface area (TPSA) is 79.8 Å². The molecule has 3 N–H and O–H groups in total. The molecule has 27 heavy (non-hydrogen) atoms. The normalized spacial score (nSPS) is 18.9. The lowest BCUT2D eigenvalue weighted by Crippen LogP contribution is -2.52. The number of carbonyl (C=O) groups excluding carboxylic acids is 1. The van der Waals surface area contributed by atoms with E-state index in [1.165, 1.54) is 0 Å². The number of aliphatic hydroxyl groups excluding tert-OH is 1. The Morgan fingerprint density at radius 3 is 2.26 bits per heavy atom. The lowest BCUT2D eigenvalue weighted by Gasteiger charge is -2.29. The van der Waals surface area contributed by atoms with E-state index >= 15 is 0 Å². The van der Waals surface area contributed by atoms with Gasteiger partial charge in [-0.25, -0.2) is 0 Å². The van der Waals surface area contributed by atoms with Crippen molar-refractivity contribution in [1.82, 2.24) is 10.6 Å². The van der Waals surface area contributed by atoms with Gasteiger partial charge in [0.1, 0.15) is 11.5 Å². The van der Waals surface area contributed by atoms with Crippen LogP contribution < -0.4 is 20.1 Å². The van der Waals surface area contributed by atoms with Crippen LogP contribution in [0.25, 0.3) is 11.1 Å². The number of methoxy groups -OCH3 is 2. The minimum absolute atomic E-state index is 0. The third-order valence-corrected chi connectivity index (χ3v) is 4.60. The first kappa shape index (κ1) is 21.0. The first-order chi connectivity index (χ1) is 12.6. The molecule has 0 radical (unpaired) electrons. The molecular formula is C20H25ClN2O4. The van der Waals surface area contributed by atoms with Gasteiger partial charge >= 0.3 is 0 Å². The van der Waals surface area contributed by atoms with Crippen LogP contribution in [0.3, 0.4) is 0 Å². The minimum Gasteiger partial charge on any atom is -0.497 e. The zero-order chi connectivity index (χ0) is 18.5. The molecule has 1 saturated heterocycles. The summed E-state index contributed by atoms with van der Waals surface area (Å²) in [7, 11) is 3.22. The smallest absolute Gasteiger partial charge is 0.251 e. The molecule has 2 aromatic rings. The minimum atomic E-state index is -0.559. The van der Waals surface area contributed by atoms with Crippen molar-refractivity contribution in [2.75, 3.05) is 27.3 Å². The molecule has 6 nitrogen and oxygen atoms in total. The van der Waals surface area contributed by atoms with Gasteiger partial charge in [-0.15, -0.1) is 12.4 Å². The molecule has 0 aliphatic carbocycles. The monoisotopic (exact) mass is 392 g/mol. The van der Waals surface area contributed by atoms with E-state index in [-0.39, 0.29) is 24.4 Å². The summed E-state index contributed by atoms with van der Waals surface area (Å²) in [5.74, 6) is 1.24. The lowest BCUT2D eigenvalue weighted by atomic mass is 10.0. The van der Waals surface area contributed by atoms with Crippen molar-refractivity contribution in [2.24, 2.45) is 0 Å². The summed E-state index contributed by atoms with van der Waals surface area (Å²) in [5, 5.41) is 16.0. The molecule has 2 atom stereocenters. The van der Waals surface area contributed by atoms with E-state index in [9.17, 15) is 9.90 Å². The molecule has 7 heteroatoms. The van der Waals surface area contributed by atoms with Crippen molar-refractivity contribution in [2.45, 2.75) is 18.6 Å². The Kier molecular flexibility index (Phi) is 7.47. The van der Waals surface area contributed by atoms with Gasteiger partial charge in [-0.1, -0.05) is 12.1 Å². The number of piperidine rings is 1. The predicted octanol–water partition coefficient (Wildman–Crippen LogP) is 2.25. The van der Waals surface area contributed by atoms with Crippen LogP contribution in [0.15, 0.2) is 42.5 Å². The third kappa shape index (κ3) is 5.13. The summed E-state index contributed by atoms with van der Waals surface area (Å²) >= 11 is 0. The van der Waals surface area contributed by atoms with Crippen LogP contribution in [0, 0.1) is 0 Å². The largest absolute Gasteiger partial charge is 0.497 e. The lowest BCUT2D eigenvalue weighted by molar-refractivity contribution is 0.0765. The Balaban J connectivity index is 0.00000261. The molecule has 0 bridgehead atoms. The van der Waals surface area contributed by atoms with Crippen molar-refractivity contribution in [1.29, 1.82) is 0 Å². The number of amides is 1. The molecule has 1 fully saturated rings. The molecule has 1 aliphatic heterocycles. The van der Waals surface area contributed by atoms with Crippen LogP contribution in [0.4, 0.5) is 0 Å². The van der Waals surface area contributed by atoms with Crippen LogP contribution in [0.5, 0.6) is 11.5 Å². The molecule has 146 valence electrons. The molecule has 1 aliphatic rings. The highest BCUT2D eigenvalue weighted by Gasteiger charge is 2.24. The maximum absolute atomic E-state index is 12.4. The summed E-state index contributed by atoms with van der Waals surface area (Å²) < 4.78 is 10.6. The van der Waals surface area contributed by atoms with Gasteiger partial charge in [0, 0.05) is 18.2 Å². The van der Waals surface area contributed by atoms with Crippen molar-refractivity contribution in [3.05, 3.63) is 48.0 Å². The number of aliphatic hydroxyl groups is 1. The number of rotatable bonds is 5. The second-order valence-corrected chi connectivity index (χ2v) is 6.32. The van der Waals surface area contributed by atoms with E-state index in [0.717, 1.165) is 17.7 Å². The van der Waals surface area contributed by atoms with E-state index < -0.39 is 6.10 Å². The first-order valence-electron chi connectivity index (χ1n) is 8.64. The van der Waals surface area contributed by atoms with Gasteiger partial charge in [-0.2, -0.15) is 0 Å². The highest BCUT2D eigenvalue weighted by molar-refractivity contribution is 5.95. The highest BCUT2D eigenvalue weighted by Crippen LogP contribution is 2.29. The van der Waals surface area contributed by atoms with Gasteiger partial charge in [-0.3, -0.25) is 4.79 Å². The fraction of sp³-hybridized carbons (Fsp3) is 0.350. The standard InChI is InChI=1S/C20H24N2O4.ClH/c1-25-16-9-15(10-17(11-16)26-2)13-3-5-14(6-4-13)20(24)22-18-7-8-21-12-19(18)23;/h3-6,9-11,18-19,21,23H,7-8,12H2,1-2H3,(H,22,24);1H/t18-,19-;/m1./s1. The highest BCUT2D eigenvalue weighted by atomic mass is 35.5. The van der Waals surface area contributed by atoms with Crippen LogP contribution in [0.2, 0.25) is 0 Å². The van der Waals surface area contributed by atoms with E-state index in [2.05, 4.69) is 10.6 Å². The summed E-state index contributed by atoms with van der Waals surface area (Å²) in [5.41, 5.74) is 2.47. The fourth-order valence-corrected chi connectivity index (χ4v) is 3.05. The Morgan fingerprint density at radius 2 is 1.70 bits per heavy atom. The molecular weight excluding hydrogens is 368 g/mol. The van der Waals surface area contributed by atoms with Gasteiger partial charge in [0.25, 0.3) is 5.91 Å².